The average molecular weight is 372 g/mol. The zero-order chi connectivity index (χ0) is 18.4. The molecule has 1 aromatic heterocycles. The highest BCUT2D eigenvalue weighted by atomic mass is 32.1. The van der Waals surface area contributed by atoms with Crippen LogP contribution in [0.25, 0.3) is 0 Å². The summed E-state index contributed by atoms with van der Waals surface area (Å²) in [7, 11) is 1.35. The highest BCUT2D eigenvalue weighted by Crippen LogP contribution is 2.26. The van der Waals surface area contributed by atoms with Gasteiger partial charge in [0, 0.05) is 11.4 Å². The van der Waals surface area contributed by atoms with Crippen LogP contribution in [0.1, 0.15) is 53.2 Å². The zero-order valence-electron chi connectivity index (χ0n) is 15.0. The SMILES string of the molecule is COC(=O)c1csc(CN(C(=O)Cc2ccccc2)C2CCCCC2)n1. The predicted molar refractivity (Wildman–Crippen MR) is 101 cm³/mol. The van der Waals surface area contributed by atoms with Crippen molar-refractivity contribution in [2.24, 2.45) is 0 Å². The highest BCUT2D eigenvalue weighted by Gasteiger charge is 2.26. The molecular formula is C20H24N2O3S. The van der Waals surface area contributed by atoms with E-state index in [2.05, 4.69) is 4.98 Å². The normalized spacial score (nSPS) is 14.8. The van der Waals surface area contributed by atoms with E-state index in [0.29, 0.717) is 18.7 Å². The quantitative estimate of drug-likeness (QED) is 0.723. The number of hydrogen-bond donors (Lipinski definition) is 0. The Hall–Kier alpha value is -2.21. The minimum atomic E-state index is -0.438. The van der Waals surface area contributed by atoms with E-state index in [0.717, 1.165) is 36.3 Å². The second kappa shape index (κ2) is 8.94. The van der Waals surface area contributed by atoms with Crippen LogP contribution in [0.3, 0.4) is 0 Å². The van der Waals surface area contributed by atoms with Gasteiger partial charge in [-0.3, -0.25) is 4.79 Å². The van der Waals surface area contributed by atoms with E-state index in [1.807, 2.05) is 35.2 Å². The molecule has 0 aliphatic heterocycles. The van der Waals surface area contributed by atoms with Crippen LogP contribution < -0.4 is 0 Å². The van der Waals surface area contributed by atoms with E-state index in [1.54, 1.807) is 5.38 Å². The van der Waals surface area contributed by atoms with Crippen LogP contribution in [0, 0.1) is 0 Å². The van der Waals surface area contributed by atoms with Gasteiger partial charge in [-0.15, -0.1) is 11.3 Å². The molecule has 1 aromatic carbocycles. The number of benzene rings is 1. The molecule has 1 saturated carbocycles. The Morgan fingerprint density at radius 1 is 1.19 bits per heavy atom. The van der Waals surface area contributed by atoms with Gasteiger partial charge in [0.2, 0.25) is 5.91 Å². The number of methoxy groups -OCH3 is 1. The molecule has 0 radical (unpaired) electrons. The Labute approximate surface area is 158 Å². The first-order valence-electron chi connectivity index (χ1n) is 9.03. The van der Waals surface area contributed by atoms with Gasteiger partial charge in [-0.2, -0.15) is 0 Å². The number of thiazole rings is 1. The van der Waals surface area contributed by atoms with E-state index in [9.17, 15) is 9.59 Å². The minimum Gasteiger partial charge on any atom is -0.464 e. The second-order valence-electron chi connectivity index (χ2n) is 6.59. The molecule has 0 atom stereocenters. The van der Waals surface area contributed by atoms with Crippen LogP contribution in [-0.2, 0) is 22.5 Å². The van der Waals surface area contributed by atoms with Crippen LogP contribution in [-0.4, -0.2) is 34.9 Å². The Morgan fingerprint density at radius 2 is 1.92 bits per heavy atom. The highest BCUT2D eigenvalue weighted by molar-refractivity contribution is 7.09. The molecule has 1 aliphatic carbocycles. The number of carbonyl (C=O) groups is 2. The third-order valence-electron chi connectivity index (χ3n) is 4.79. The third kappa shape index (κ3) is 4.69. The Balaban J connectivity index is 1.75. The van der Waals surface area contributed by atoms with Gasteiger partial charge >= 0.3 is 5.97 Å². The van der Waals surface area contributed by atoms with Crippen molar-refractivity contribution in [2.45, 2.75) is 51.1 Å². The number of carbonyl (C=O) groups excluding carboxylic acids is 2. The number of rotatable bonds is 6. The largest absolute Gasteiger partial charge is 0.464 e. The lowest BCUT2D eigenvalue weighted by molar-refractivity contribution is -0.134. The minimum absolute atomic E-state index is 0.123. The maximum atomic E-state index is 13.0. The molecule has 138 valence electrons. The van der Waals surface area contributed by atoms with E-state index in [4.69, 9.17) is 4.74 Å². The summed E-state index contributed by atoms with van der Waals surface area (Å²) in [6, 6.07) is 10.1. The topological polar surface area (TPSA) is 59.5 Å². The first kappa shape index (κ1) is 18.6. The first-order chi connectivity index (χ1) is 12.7. The summed E-state index contributed by atoms with van der Waals surface area (Å²) < 4.78 is 4.72. The van der Waals surface area contributed by atoms with E-state index >= 15 is 0 Å². The molecule has 0 saturated heterocycles. The van der Waals surface area contributed by atoms with Gasteiger partial charge < -0.3 is 9.64 Å². The maximum absolute atomic E-state index is 13.0. The van der Waals surface area contributed by atoms with Gasteiger partial charge in [-0.05, 0) is 18.4 Å². The Bertz CT molecular complexity index is 739. The van der Waals surface area contributed by atoms with Crippen LogP contribution in [0.5, 0.6) is 0 Å². The monoisotopic (exact) mass is 372 g/mol. The van der Waals surface area contributed by atoms with Crippen molar-refractivity contribution >= 4 is 23.2 Å². The van der Waals surface area contributed by atoms with Crippen molar-refractivity contribution in [3.8, 4) is 0 Å². The summed E-state index contributed by atoms with van der Waals surface area (Å²) in [6.07, 6.45) is 6.02. The molecular weight excluding hydrogens is 348 g/mol. The maximum Gasteiger partial charge on any atom is 0.357 e. The molecule has 0 N–H and O–H groups in total. The van der Waals surface area contributed by atoms with Crippen molar-refractivity contribution in [1.82, 2.24) is 9.88 Å². The van der Waals surface area contributed by atoms with E-state index in [-0.39, 0.29) is 11.9 Å². The fourth-order valence-electron chi connectivity index (χ4n) is 3.41. The molecule has 3 rings (SSSR count). The van der Waals surface area contributed by atoms with Gasteiger partial charge in [0.05, 0.1) is 20.1 Å². The molecule has 1 amide bonds. The van der Waals surface area contributed by atoms with Gasteiger partial charge in [0.1, 0.15) is 5.01 Å². The first-order valence-corrected chi connectivity index (χ1v) is 9.91. The lowest BCUT2D eigenvalue weighted by Gasteiger charge is -2.34. The molecule has 1 fully saturated rings. The van der Waals surface area contributed by atoms with Crippen LogP contribution in [0.4, 0.5) is 0 Å². The fraction of sp³-hybridized carbons (Fsp3) is 0.450. The second-order valence-corrected chi connectivity index (χ2v) is 7.54. The molecule has 0 unspecified atom stereocenters. The summed E-state index contributed by atoms with van der Waals surface area (Å²) in [6.45, 7) is 0.456. The van der Waals surface area contributed by atoms with Crippen LogP contribution in [0.15, 0.2) is 35.7 Å². The molecule has 0 spiro atoms. The summed E-state index contributed by atoms with van der Waals surface area (Å²) >= 11 is 1.40. The number of amides is 1. The lowest BCUT2D eigenvalue weighted by atomic mass is 9.93. The molecule has 6 heteroatoms. The van der Waals surface area contributed by atoms with E-state index < -0.39 is 5.97 Å². The predicted octanol–water partition coefficient (Wildman–Crippen LogP) is 3.83. The number of hydrogen-bond acceptors (Lipinski definition) is 5. The third-order valence-corrected chi connectivity index (χ3v) is 5.62. The summed E-state index contributed by atoms with van der Waals surface area (Å²) in [5.41, 5.74) is 1.33. The van der Waals surface area contributed by atoms with Gasteiger partial charge in [0.15, 0.2) is 5.69 Å². The Morgan fingerprint density at radius 3 is 2.62 bits per heavy atom. The molecule has 5 nitrogen and oxygen atoms in total. The molecule has 1 aliphatic rings. The summed E-state index contributed by atoms with van der Waals surface area (Å²) in [5, 5.41) is 2.47. The molecule has 0 bridgehead atoms. The van der Waals surface area contributed by atoms with Gasteiger partial charge in [-0.1, -0.05) is 49.6 Å². The molecule has 1 heterocycles. The number of esters is 1. The van der Waals surface area contributed by atoms with Gasteiger partial charge in [-0.25, -0.2) is 9.78 Å². The van der Waals surface area contributed by atoms with Crippen LogP contribution >= 0.6 is 11.3 Å². The van der Waals surface area contributed by atoms with Crippen molar-refractivity contribution in [2.75, 3.05) is 7.11 Å². The molecule has 2 aromatic rings. The Kier molecular flexibility index (Phi) is 6.39. The van der Waals surface area contributed by atoms with Crippen molar-refractivity contribution in [3.63, 3.8) is 0 Å². The van der Waals surface area contributed by atoms with Crippen molar-refractivity contribution in [1.29, 1.82) is 0 Å². The standard InChI is InChI=1S/C20H24N2O3S/c1-25-20(24)17-14-26-18(21-17)13-22(16-10-6-3-7-11-16)19(23)12-15-8-4-2-5-9-15/h2,4-5,8-9,14,16H,3,6-7,10-13H2,1H3. The fourth-order valence-corrected chi connectivity index (χ4v) is 4.17. The van der Waals surface area contributed by atoms with E-state index in [1.165, 1.54) is 24.9 Å². The van der Waals surface area contributed by atoms with Crippen molar-refractivity contribution < 1.29 is 14.3 Å². The zero-order valence-corrected chi connectivity index (χ0v) is 15.8. The number of ether oxygens (including phenoxy) is 1. The smallest absolute Gasteiger partial charge is 0.357 e. The molecule has 26 heavy (non-hydrogen) atoms. The summed E-state index contributed by atoms with van der Waals surface area (Å²) in [5.74, 6) is -0.315. The lowest BCUT2D eigenvalue weighted by Crippen LogP contribution is -2.41. The van der Waals surface area contributed by atoms with Crippen molar-refractivity contribution in [3.05, 3.63) is 52.0 Å². The summed E-state index contributed by atoms with van der Waals surface area (Å²) in [4.78, 5) is 31.0. The van der Waals surface area contributed by atoms with Crippen LogP contribution in [0.2, 0.25) is 0 Å². The number of aromatic nitrogens is 1. The van der Waals surface area contributed by atoms with Gasteiger partial charge in [0.25, 0.3) is 0 Å². The average Bonchev–Trinajstić information content (AvgIpc) is 3.15. The number of nitrogens with zero attached hydrogens (tertiary/aromatic N) is 2.